The first-order valence-electron chi connectivity index (χ1n) is 13.1. The number of fused-ring (bicyclic) bond motifs is 2. The largest absolute Gasteiger partial charge is 0.381 e. The summed E-state index contributed by atoms with van der Waals surface area (Å²) in [6.45, 7) is 2.39. The Balaban J connectivity index is 1.30. The van der Waals surface area contributed by atoms with Gasteiger partial charge in [0.15, 0.2) is 0 Å². The summed E-state index contributed by atoms with van der Waals surface area (Å²) in [5.74, 6) is -0.199. The number of carbonyl (C=O) groups is 1. The lowest BCUT2D eigenvalue weighted by molar-refractivity contribution is -0.152. The minimum Gasteiger partial charge on any atom is -0.381 e. The fraction of sp³-hybridized carbons (Fsp3) is 0.429. The van der Waals surface area contributed by atoms with Crippen LogP contribution in [0.25, 0.3) is 10.8 Å². The van der Waals surface area contributed by atoms with Crippen LogP contribution in [-0.2, 0) is 19.6 Å². The van der Waals surface area contributed by atoms with Crippen molar-refractivity contribution in [2.75, 3.05) is 58.4 Å². The van der Waals surface area contributed by atoms with Crippen LogP contribution in [-0.4, -0.2) is 98.1 Å². The van der Waals surface area contributed by atoms with Crippen molar-refractivity contribution in [2.45, 2.75) is 28.9 Å². The minimum absolute atomic E-state index is 0.139. The van der Waals surface area contributed by atoms with Crippen molar-refractivity contribution in [3.63, 3.8) is 0 Å². The molecule has 1 spiro atoms. The van der Waals surface area contributed by atoms with E-state index in [0.717, 1.165) is 42.4 Å². The maximum atomic E-state index is 13.9. The first-order valence-corrected chi connectivity index (χ1v) is 14.9. The number of piperazine rings is 1. The molecule has 1 atom stereocenters. The summed E-state index contributed by atoms with van der Waals surface area (Å²) in [5.41, 5.74) is -0.0177. The van der Waals surface area contributed by atoms with E-state index in [9.17, 15) is 13.2 Å². The average molecular weight is 570 g/mol. The van der Waals surface area contributed by atoms with Crippen molar-refractivity contribution < 1.29 is 17.9 Å². The summed E-state index contributed by atoms with van der Waals surface area (Å²) in [6, 6.07) is 14.4. The van der Waals surface area contributed by atoms with Crippen molar-refractivity contribution in [3.8, 4) is 0 Å². The fourth-order valence-electron chi connectivity index (χ4n) is 6.61. The van der Waals surface area contributed by atoms with E-state index in [1.165, 1.54) is 4.31 Å². The van der Waals surface area contributed by atoms with E-state index >= 15 is 0 Å². The number of methoxy groups -OCH3 is 1. The van der Waals surface area contributed by atoms with Crippen LogP contribution in [0.2, 0.25) is 5.02 Å². The number of anilines is 1. The van der Waals surface area contributed by atoms with Gasteiger partial charge in [-0.1, -0.05) is 23.7 Å². The number of halogens is 1. The molecule has 0 saturated carbocycles. The molecule has 39 heavy (non-hydrogen) atoms. The second kappa shape index (κ2) is 9.71. The van der Waals surface area contributed by atoms with E-state index in [1.807, 2.05) is 24.1 Å². The third-order valence-corrected chi connectivity index (χ3v) is 10.9. The van der Waals surface area contributed by atoms with Gasteiger partial charge in [-0.15, -0.1) is 0 Å². The molecular formula is C28H32ClN5O4S. The van der Waals surface area contributed by atoms with Gasteiger partial charge >= 0.3 is 0 Å². The molecule has 0 radical (unpaired) electrons. The molecule has 6 rings (SSSR count). The number of aromatic nitrogens is 1. The first kappa shape index (κ1) is 26.5. The Bertz CT molecular complexity index is 1510. The zero-order valence-electron chi connectivity index (χ0n) is 22.1. The predicted molar refractivity (Wildman–Crippen MR) is 150 cm³/mol. The van der Waals surface area contributed by atoms with E-state index in [-0.39, 0.29) is 36.0 Å². The third-order valence-electron chi connectivity index (χ3n) is 8.84. The van der Waals surface area contributed by atoms with Gasteiger partial charge in [-0.2, -0.15) is 4.31 Å². The Morgan fingerprint density at radius 3 is 2.41 bits per heavy atom. The zero-order valence-corrected chi connectivity index (χ0v) is 23.7. The summed E-state index contributed by atoms with van der Waals surface area (Å²) in [5, 5.41) is 2.22. The number of pyridine rings is 1. The molecule has 2 aromatic carbocycles. The number of benzene rings is 2. The number of hydrogen-bond acceptors (Lipinski definition) is 7. The number of amides is 1. The molecule has 1 unspecified atom stereocenters. The quantitative estimate of drug-likeness (QED) is 0.467. The van der Waals surface area contributed by atoms with Gasteiger partial charge in [0.1, 0.15) is 5.66 Å². The van der Waals surface area contributed by atoms with Crippen LogP contribution in [0.1, 0.15) is 12.8 Å². The normalized spacial score (nSPS) is 24.0. The molecule has 206 valence electrons. The van der Waals surface area contributed by atoms with Gasteiger partial charge < -0.3 is 14.5 Å². The minimum atomic E-state index is -3.95. The van der Waals surface area contributed by atoms with Crippen LogP contribution < -0.4 is 4.90 Å². The highest BCUT2D eigenvalue weighted by atomic mass is 35.5. The van der Waals surface area contributed by atoms with E-state index in [2.05, 4.69) is 14.8 Å². The Morgan fingerprint density at radius 1 is 1.00 bits per heavy atom. The third kappa shape index (κ3) is 4.29. The van der Waals surface area contributed by atoms with Crippen LogP contribution in [0.15, 0.2) is 65.8 Å². The zero-order chi connectivity index (χ0) is 27.4. The van der Waals surface area contributed by atoms with E-state index < -0.39 is 15.7 Å². The first-order chi connectivity index (χ1) is 18.7. The summed E-state index contributed by atoms with van der Waals surface area (Å²) < 4.78 is 34.8. The molecular weight excluding hydrogens is 538 g/mol. The van der Waals surface area contributed by atoms with Gasteiger partial charge in [0.05, 0.1) is 24.6 Å². The topological polar surface area (TPSA) is 86.3 Å². The van der Waals surface area contributed by atoms with E-state index in [0.29, 0.717) is 11.6 Å². The number of ether oxygens (including phenoxy) is 1. The number of piperidine rings is 1. The van der Waals surface area contributed by atoms with Gasteiger partial charge in [-0.25, -0.2) is 8.42 Å². The molecule has 0 aliphatic carbocycles. The number of carbonyl (C=O) groups excluding carboxylic acids is 1. The van der Waals surface area contributed by atoms with E-state index in [4.69, 9.17) is 16.3 Å². The molecule has 1 aromatic heterocycles. The standard InChI is InChI=1S/C28H32ClN5O4S/c1-31-27(9-13-32(14-10-27)24-7-11-30-12-8-24)18-34-26(35)17-33(19-28(31,34)20-38-2)39(36,37)25-6-4-21-15-23(29)5-3-22(21)16-25/h3-8,11-12,15-16H,9-10,13-14,17-20H2,1-2H3. The van der Waals surface area contributed by atoms with Gasteiger partial charge in [0, 0.05) is 55.4 Å². The highest BCUT2D eigenvalue weighted by Crippen LogP contribution is 2.46. The van der Waals surface area contributed by atoms with Gasteiger partial charge in [0.2, 0.25) is 15.9 Å². The highest BCUT2D eigenvalue weighted by molar-refractivity contribution is 7.89. The van der Waals surface area contributed by atoms with E-state index in [1.54, 1.807) is 55.9 Å². The number of likely N-dealkylation sites (N-methyl/N-ethyl adjacent to an activating group) is 1. The molecule has 3 aliphatic rings. The molecule has 1 amide bonds. The predicted octanol–water partition coefficient (Wildman–Crippen LogP) is 3.05. The van der Waals surface area contributed by atoms with Crippen LogP contribution in [0, 0.1) is 0 Å². The second-order valence-electron chi connectivity index (χ2n) is 10.8. The second-order valence-corrected chi connectivity index (χ2v) is 13.2. The SMILES string of the molecule is COCC12CN(S(=O)(=O)c3ccc4cc(Cl)ccc4c3)CC(=O)N1CC1(CCN(c3ccncc3)CC1)N2C. The lowest BCUT2D eigenvalue weighted by atomic mass is 9.86. The molecule has 0 N–H and O–H groups in total. The van der Waals surface area contributed by atoms with Crippen molar-refractivity contribution in [1.29, 1.82) is 0 Å². The monoisotopic (exact) mass is 569 g/mol. The summed E-state index contributed by atoms with van der Waals surface area (Å²) in [7, 11) is -0.326. The van der Waals surface area contributed by atoms with Crippen molar-refractivity contribution in [3.05, 3.63) is 65.9 Å². The Morgan fingerprint density at radius 2 is 1.69 bits per heavy atom. The fourth-order valence-corrected chi connectivity index (χ4v) is 8.26. The molecule has 3 aromatic rings. The van der Waals surface area contributed by atoms with Gasteiger partial charge in [-0.05, 0) is 67.1 Å². The summed E-state index contributed by atoms with van der Waals surface area (Å²) >= 11 is 6.11. The maximum absolute atomic E-state index is 13.9. The van der Waals surface area contributed by atoms with Crippen LogP contribution in [0.3, 0.4) is 0 Å². The molecule has 3 fully saturated rings. The smallest absolute Gasteiger partial charge is 0.243 e. The molecule has 3 saturated heterocycles. The van der Waals surface area contributed by atoms with Gasteiger partial charge in [0.25, 0.3) is 0 Å². The van der Waals surface area contributed by atoms with Crippen LogP contribution in [0.5, 0.6) is 0 Å². The molecule has 3 aliphatic heterocycles. The Kier molecular flexibility index (Phi) is 6.59. The van der Waals surface area contributed by atoms with Crippen LogP contribution in [0.4, 0.5) is 5.69 Å². The van der Waals surface area contributed by atoms with Crippen LogP contribution >= 0.6 is 11.6 Å². The molecule has 11 heteroatoms. The average Bonchev–Trinajstić information content (AvgIpc) is 3.17. The Hall–Kier alpha value is -2.76. The number of rotatable bonds is 5. The number of sulfonamides is 1. The summed E-state index contributed by atoms with van der Waals surface area (Å²) in [6.07, 6.45) is 5.29. The number of hydrogen-bond donors (Lipinski definition) is 0. The van der Waals surface area contributed by atoms with Gasteiger partial charge in [-0.3, -0.25) is 14.7 Å². The highest BCUT2D eigenvalue weighted by Gasteiger charge is 2.63. The maximum Gasteiger partial charge on any atom is 0.243 e. The summed E-state index contributed by atoms with van der Waals surface area (Å²) in [4.78, 5) is 24.4. The Labute approximate surface area is 233 Å². The molecule has 0 bridgehead atoms. The lowest BCUT2D eigenvalue weighted by Gasteiger charge is -2.50. The van der Waals surface area contributed by atoms with Crippen molar-refractivity contribution >= 4 is 44.0 Å². The molecule has 9 nitrogen and oxygen atoms in total. The van der Waals surface area contributed by atoms with Crippen molar-refractivity contribution in [1.82, 2.24) is 19.1 Å². The number of nitrogens with zero attached hydrogens (tertiary/aromatic N) is 5. The lowest BCUT2D eigenvalue weighted by Crippen LogP contribution is -2.70. The molecule has 4 heterocycles. The van der Waals surface area contributed by atoms with Crippen molar-refractivity contribution in [2.24, 2.45) is 0 Å².